The zero-order valence-electron chi connectivity index (χ0n) is 17.6. The summed E-state index contributed by atoms with van der Waals surface area (Å²) in [6.45, 7) is 4.92. The molecule has 2 N–H and O–H groups in total. The fraction of sp³-hybridized carbons (Fsp3) is 0.280. The number of carbonyl (C=O) groups is 1. The maximum Gasteiger partial charge on any atom is 0.258 e. The Labute approximate surface area is 179 Å². The van der Waals surface area contributed by atoms with Gasteiger partial charge < -0.3 is 9.88 Å². The monoisotopic (exact) mass is 414 g/mol. The fourth-order valence-corrected chi connectivity index (χ4v) is 5.19. The van der Waals surface area contributed by atoms with Gasteiger partial charge in [0.1, 0.15) is 11.5 Å². The molecule has 1 aliphatic carbocycles. The molecule has 2 aromatic heterocycles. The molecule has 156 valence electrons. The molecule has 0 fully saturated rings. The van der Waals surface area contributed by atoms with Crippen LogP contribution in [-0.2, 0) is 18.3 Å². The van der Waals surface area contributed by atoms with Crippen LogP contribution in [-0.4, -0.2) is 27.6 Å². The molecule has 6 heteroatoms. The van der Waals surface area contributed by atoms with Crippen molar-refractivity contribution in [3.05, 3.63) is 70.7 Å². The van der Waals surface area contributed by atoms with E-state index in [9.17, 15) is 9.18 Å². The number of hydrogen-bond acceptors (Lipinski definition) is 2. The lowest BCUT2D eigenvalue weighted by Gasteiger charge is -2.21. The van der Waals surface area contributed by atoms with E-state index in [-0.39, 0.29) is 17.1 Å². The summed E-state index contributed by atoms with van der Waals surface area (Å²) in [6.07, 6.45) is 5.03. The molecule has 1 amide bonds. The van der Waals surface area contributed by atoms with Gasteiger partial charge in [-0.3, -0.25) is 9.89 Å². The van der Waals surface area contributed by atoms with Gasteiger partial charge in [-0.1, -0.05) is 13.8 Å². The van der Waals surface area contributed by atoms with Gasteiger partial charge in [0.15, 0.2) is 0 Å². The highest BCUT2D eigenvalue weighted by Crippen LogP contribution is 2.45. The highest BCUT2D eigenvalue weighted by atomic mass is 19.1. The molecule has 1 aliphatic heterocycles. The minimum Gasteiger partial charge on any atom is -0.353 e. The molecule has 0 bridgehead atoms. The van der Waals surface area contributed by atoms with Crippen LogP contribution in [0.3, 0.4) is 0 Å². The average Bonchev–Trinajstić information content (AvgIpc) is 3.39. The number of rotatable bonds is 1. The normalized spacial score (nSPS) is 16.7. The third-order valence-corrected chi connectivity index (χ3v) is 6.76. The van der Waals surface area contributed by atoms with Gasteiger partial charge in [0.05, 0.1) is 5.69 Å². The van der Waals surface area contributed by atoms with Gasteiger partial charge in [-0.25, -0.2) is 4.39 Å². The van der Waals surface area contributed by atoms with Crippen molar-refractivity contribution in [3.63, 3.8) is 0 Å². The summed E-state index contributed by atoms with van der Waals surface area (Å²) in [5.41, 5.74) is 8.09. The predicted molar refractivity (Wildman–Crippen MR) is 119 cm³/mol. The van der Waals surface area contributed by atoms with E-state index in [1.54, 1.807) is 12.1 Å². The van der Waals surface area contributed by atoms with Gasteiger partial charge in [-0.2, -0.15) is 5.10 Å². The number of H-pyrrole nitrogens is 2. The third-order valence-electron chi connectivity index (χ3n) is 6.76. The van der Waals surface area contributed by atoms with Crippen molar-refractivity contribution in [2.75, 3.05) is 11.4 Å². The smallest absolute Gasteiger partial charge is 0.258 e. The van der Waals surface area contributed by atoms with E-state index in [2.05, 4.69) is 41.2 Å². The number of aromatic amines is 2. The summed E-state index contributed by atoms with van der Waals surface area (Å²) in [7, 11) is 0. The molecule has 4 aromatic rings. The number of nitrogens with one attached hydrogen (secondary N) is 2. The Bertz CT molecular complexity index is 1350. The van der Waals surface area contributed by atoms with Gasteiger partial charge in [0.25, 0.3) is 5.91 Å². The Morgan fingerprint density at radius 3 is 2.77 bits per heavy atom. The topological polar surface area (TPSA) is 64.8 Å². The second kappa shape index (κ2) is 6.30. The lowest BCUT2D eigenvalue weighted by atomic mass is 9.86. The first-order valence-electron chi connectivity index (χ1n) is 10.7. The Balaban J connectivity index is 1.52. The number of amides is 1. The molecule has 31 heavy (non-hydrogen) atoms. The predicted octanol–water partition coefficient (Wildman–Crippen LogP) is 5.12. The molecule has 0 saturated carbocycles. The van der Waals surface area contributed by atoms with Crippen molar-refractivity contribution in [1.29, 1.82) is 0 Å². The molecule has 2 aromatic carbocycles. The van der Waals surface area contributed by atoms with Crippen molar-refractivity contribution in [2.45, 2.75) is 38.5 Å². The number of halogens is 1. The van der Waals surface area contributed by atoms with Gasteiger partial charge in [0.2, 0.25) is 0 Å². The van der Waals surface area contributed by atoms with Crippen molar-refractivity contribution >= 4 is 22.5 Å². The number of fused-ring (bicyclic) bond motifs is 6. The maximum atomic E-state index is 13.4. The van der Waals surface area contributed by atoms with Crippen LogP contribution in [0.25, 0.3) is 22.3 Å². The minimum atomic E-state index is -0.340. The van der Waals surface area contributed by atoms with Gasteiger partial charge in [0, 0.05) is 40.3 Å². The van der Waals surface area contributed by atoms with Crippen molar-refractivity contribution in [1.82, 2.24) is 15.2 Å². The zero-order chi connectivity index (χ0) is 21.3. The summed E-state index contributed by atoms with van der Waals surface area (Å²) in [4.78, 5) is 18.8. The lowest BCUT2D eigenvalue weighted by Crippen LogP contribution is -2.33. The molecular formula is C25H23FN4O. The van der Waals surface area contributed by atoms with Crippen LogP contribution in [0.5, 0.6) is 0 Å². The number of hydrogen-bond donors (Lipinski definition) is 2. The van der Waals surface area contributed by atoms with Crippen LogP contribution < -0.4 is 4.90 Å². The largest absolute Gasteiger partial charge is 0.353 e. The van der Waals surface area contributed by atoms with Crippen molar-refractivity contribution in [3.8, 4) is 11.4 Å². The van der Waals surface area contributed by atoms with Crippen LogP contribution in [0.4, 0.5) is 10.1 Å². The van der Waals surface area contributed by atoms with E-state index >= 15 is 0 Å². The Kier molecular flexibility index (Phi) is 3.73. The molecule has 0 radical (unpaired) electrons. The van der Waals surface area contributed by atoms with Crippen LogP contribution in [0.15, 0.2) is 42.6 Å². The van der Waals surface area contributed by atoms with E-state index in [0.29, 0.717) is 12.1 Å². The molecular weight excluding hydrogens is 391 g/mol. The van der Waals surface area contributed by atoms with E-state index < -0.39 is 0 Å². The van der Waals surface area contributed by atoms with Crippen molar-refractivity contribution < 1.29 is 9.18 Å². The molecule has 6 rings (SSSR count). The number of carbonyl (C=O) groups excluding carboxylic acids is 1. The maximum absolute atomic E-state index is 13.4. The Hall–Kier alpha value is -3.41. The van der Waals surface area contributed by atoms with Crippen LogP contribution >= 0.6 is 0 Å². The molecule has 0 atom stereocenters. The minimum absolute atomic E-state index is 0.0950. The second-order valence-electron chi connectivity index (χ2n) is 9.29. The molecule has 0 unspecified atom stereocenters. The standard InChI is InChI=1S/C25H23FN4O/c1-25(2)13-30(24(31)14-6-8-16(26)9-7-14)21-10-18-17-5-3-4-15-12-27-29-22(15)23(17)28-20(18)11-19(21)25/h6-12,28H,3-5,13H2,1-2H3,(H,27,29). The summed E-state index contributed by atoms with van der Waals surface area (Å²) >= 11 is 0. The first-order chi connectivity index (χ1) is 14.9. The molecule has 0 spiro atoms. The average molecular weight is 414 g/mol. The van der Waals surface area contributed by atoms with Crippen LogP contribution in [0, 0.1) is 5.82 Å². The SMILES string of the molecule is CC1(C)CN(C(=O)c2ccc(F)cc2)c2cc3c4c([nH]c3cc21)-c1n[nH]cc1CCC4. The van der Waals surface area contributed by atoms with Crippen LogP contribution in [0.1, 0.15) is 47.3 Å². The quantitative estimate of drug-likeness (QED) is 0.454. The van der Waals surface area contributed by atoms with Gasteiger partial charge >= 0.3 is 0 Å². The summed E-state index contributed by atoms with van der Waals surface area (Å²) in [5.74, 6) is -0.435. The van der Waals surface area contributed by atoms with E-state index in [1.807, 2.05) is 11.1 Å². The molecule has 3 heterocycles. The number of aryl methyl sites for hydroxylation is 2. The third kappa shape index (κ3) is 2.67. The first kappa shape index (κ1) is 18.4. The molecule has 5 nitrogen and oxygen atoms in total. The van der Waals surface area contributed by atoms with Crippen molar-refractivity contribution in [2.24, 2.45) is 0 Å². The zero-order valence-corrected chi connectivity index (χ0v) is 17.6. The van der Waals surface area contributed by atoms with Gasteiger partial charge in [-0.15, -0.1) is 0 Å². The Morgan fingerprint density at radius 2 is 1.97 bits per heavy atom. The number of anilines is 1. The summed E-state index contributed by atoms with van der Waals surface area (Å²) in [5, 5.41) is 8.66. The summed E-state index contributed by atoms with van der Waals surface area (Å²) in [6, 6.07) is 10.2. The lowest BCUT2D eigenvalue weighted by molar-refractivity contribution is 0.0986. The van der Waals surface area contributed by atoms with E-state index in [1.165, 1.54) is 23.3 Å². The number of benzene rings is 2. The highest BCUT2D eigenvalue weighted by Gasteiger charge is 2.39. The molecule has 2 aliphatic rings. The first-order valence-corrected chi connectivity index (χ1v) is 10.7. The number of nitrogens with zero attached hydrogens (tertiary/aromatic N) is 2. The fourth-order valence-electron chi connectivity index (χ4n) is 5.19. The van der Waals surface area contributed by atoms with E-state index in [0.717, 1.165) is 52.8 Å². The second-order valence-corrected chi connectivity index (χ2v) is 9.29. The van der Waals surface area contributed by atoms with Crippen LogP contribution in [0.2, 0.25) is 0 Å². The molecule has 0 saturated heterocycles. The highest BCUT2D eigenvalue weighted by molar-refractivity contribution is 6.09. The number of aromatic nitrogens is 3. The van der Waals surface area contributed by atoms with Gasteiger partial charge in [-0.05, 0) is 72.4 Å². The summed E-state index contributed by atoms with van der Waals surface area (Å²) < 4.78 is 13.4. The Morgan fingerprint density at radius 1 is 1.16 bits per heavy atom. The van der Waals surface area contributed by atoms with E-state index in [4.69, 9.17) is 0 Å².